The number of amides is 2. The number of benzene rings is 1. The van der Waals surface area contributed by atoms with E-state index < -0.39 is 0 Å². The van der Waals surface area contributed by atoms with Gasteiger partial charge in [-0.15, -0.1) is 5.10 Å². The number of nitrogens with one attached hydrogen (secondary N) is 1. The van der Waals surface area contributed by atoms with Crippen LogP contribution in [0.4, 0.5) is 5.82 Å². The van der Waals surface area contributed by atoms with Crippen molar-refractivity contribution in [1.29, 1.82) is 0 Å². The minimum Gasteiger partial charge on any atom is -0.479 e. The fraction of sp³-hybridized carbons (Fsp3) is 0.0833. The number of halogens is 1. The molecule has 2 heterocycles. The number of H-pyrrole nitrogens is 1. The number of rotatable bonds is 2. The largest absolute Gasteiger partial charge is 0.479 e. The Labute approximate surface area is 116 Å². The SMILES string of the molecule is COc1n[nH]c(N2C(=O)c3ccccc3C2=O)c1Br. The molecular weight excluding hydrogens is 314 g/mol. The number of carbonyl (C=O) groups is 2. The van der Waals surface area contributed by atoms with Crippen LogP contribution in [-0.4, -0.2) is 29.1 Å². The third-order valence-electron chi connectivity index (χ3n) is 2.87. The van der Waals surface area contributed by atoms with E-state index in [1.807, 2.05) is 0 Å². The van der Waals surface area contributed by atoms with Gasteiger partial charge >= 0.3 is 0 Å². The molecule has 1 aromatic carbocycles. The van der Waals surface area contributed by atoms with E-state index in [4.69, 9.17) is 4.74 Å². The lowest BCUT2D eigenvalue weighted by molar-refractivity contribution is 0.0925. The van der Waals surface area contributed by atoms with Gasteiger partial charge in [-0.05, 0) is 28.1 Å². The van der Waals surface area contributed by atoms with E-state index in [9.17, 15) is 9.59 Å². The highest BCUT2D eigenvalue weighted by molar-refractivity contribution is 9.10. The number of nitrogens with zero attached hydrogens (tertiary/aromatic N) is 2. The van der Waals surface area contributed by atoms with Gasteiger partial charge in [0.25, 0.3) is 11.8 Å². The van der Waals surface area contributed by atoms with Crippen molar-refractivity contribution in [2.45, 2.75) is 0 Å². The summed E-state index contributed by atoms with van der Waals surface area (Å²) in [7, 11) is 1.45. The Balaban J connectivity index is 2.11. The molecule has 1 aliphatic rings. The van der Waals surface area contributed by atoms with Crippen LogP contribution < -0.4 is 9.64 Å². The summed E-state index contributed by atoms with van der Waals surface area (Å²) in [6, 6.07) is 6.68. The second-order valence-corrected chi connectivity index (χ2v) is 4.68. The molecular formula is C12H8BrN3O3. The first kappa shape index (κ1) is 11.9. The average Bonchev–Trinajstić information content (AvgIpc) is 2.90. The molecule has 1 aliphatic heterocycles. The van der Waals surface area contributed by atoms with Crippen molar-refractivity contribution < 1.29 is 14.3 Å². The van der Waals surface area contributed by atoms with Crippen LogP contribution in [0.2, 0.25) is 0 Å². The van der Waals surface area contributed by atoms with Gasteiger partial charge in [0.05, 0.1) is 18.2 Å². The van der Waals surface area contributed by atoms with E-state index in [1.54, 1.807) is 24.3 Å². The Bertz CT molecular complexity index is 660. The van der Waals surface area contributed by atoms with Gasteiger partial charge in [-0.1, -0.05) is 12.1 Å². The molecule has 0 aliphatic carbocycles. The van der Waals surface area contributed by atoms with E-state index in [0.29, 0.717) is 15.6 Å². The van der Waals surface area contributed by atoms with Gasteiger partial charge in [-0.2, -0.15) is 0 Å². The Hall–Kier alpha value is -2.15. The van der Waals surface area contributed by atoms with E-state index >= 15 is 0 Å². The molecule has 6 nitrogen and oxygen atoms in total. The fourth-order valence-corrected chi connectivity index (χ4v) is 2.50. The topological polar surface area (TPSA) is 75.3 Å². The average molecular weight is 322 g/mol. The normalized spacial score (nSPS) is 13.9. The maximum absolute atomic E-state index is 12.3. The number of anilines is 1. The second-order valence-electron chi connectivity index (χ2n) is 3.89. The summed E-state index contributed by atoms with van der Waals surface area (Å²) in [5, 5.41) is 6.50. The number of aromatic nitrogens is 2. The number of carbonyl (C=O) groups excluding carboxylic acids is 2. The van der Waals surface area contributed by atoms with Crippen LogP contribution in [0.1, 0.15) is 20.7 Å². The maximum Gasteiger partial charge on any atom is 0.267 e. The zero-order chi connectivity index (χ0) is 13.6. The lowest BCUT2D eigenvalue weighted by atomic mass is 10.1. The number of hydrogen-bond acceptors (Lipinski definition) is 4. The first-order valence-corrected chi connectivity index (χ1v) is 6.20. The van der Waals surface area contributed by atoms with Crippen LogP contribution in [0.25, 0.3) is 0 Å². The number of fused-ring (bicyclic) bond motifs is 1. The summed E-state index contributed by atoms with van der Waals surface area (Å²) >= 11 is 3.26. The molecule has 0 saturated carbocycles. The summed E-state index contributed by atoms with van der Waals surface area (Å²) in [4.78, 5) is 25.6. The van der Waals surface area contributed by atoms with E-state index in [1.165, 1.54) is 7.11 Å². The van der Waals surface area contributed by atoms with Gasteiger partial charge in [-0.25, -0.2) is 4.90 Å². The van der Waals surface area contributed by atoms with Gasteiger partial charge in [0.2, 0.25) is 5.88 Å². The molecule has 0 radical (unpaired) electrons. The van der Waals surface area contributed by atoms with Gasteiger partial charge in [-0.3, -0.25) is 14.7 Å². The summed E-state index contributed by atoms with van der Waals surface area (Å²) in [5.74, 6) is -0.213. The first-order valence-electron chi connectivity index (χ1n) is 5.40. The van der Waals surface area contributed by atoms with Crippen molar-refractivity contribution >= 4 is 33.6 Å². The Morgan fingerprint density at radius 3 is 2.26 bits per heavy atom. The molecule has 96 valence electrons. The van der Waals surface area contributed by atoms with Crippen LogP contribution >= 0.6 is 15.9 Å². The van der Waals surface area contributed by atoms with Crippen LogP contribution in [0.15, 0.2) is 28.7 Å². The number of hydrogen-bond donors (Lipinski definition) is 1. The van der Waals surface area contributed by atoms with Crippen molar-refractivity contribution in [1.82, 2.24) is 10.2 Å². The number of aromatic amines is 1. The van der Waals surface area contributed by atoms with Gasteiger partial charge in [0, 0.05) is 0 Å². The van der Waals surface area contributed by atoms with Crippen molar-refractivity contribution in [3.05, 3.63) is 39.9 Å². The first-order chi connectivity index (χ1) is 9.15. The summed E-state index contributed by atoms with van der Waals surface area (Å²) < 4.78 is 5.43. The predicted octanol–water partition coefficient (Wildman–Crippen LogP) is 1.98. The molecule has 1 N–H and O–H groups in total. The maximum atomic E-state index is 12.3. The molecule has 19 heavy (non-hydrogen) atoms. The van der Waals surface area contributed by atoms with Crippen LogP contribution in [0.5, 0.6) is 5.88 Å². The van der Waals surface area contributed by atoms with E-state index in [-0.39, 0.29) is 23.5 Å². The molecule has 0 atom stereocenters. The summed E-state index contributed by atoms with van der Waals surface area (Å²) in [6.45, 7) is 0. The van der Waals surface area contributed by atoms with Crippen molar-refractivity contribution in [2.24, 2.45) is 0 Å². The smallest absolute Gasteiger partial charge is 0.267 e. The van der Waals surface area contributed by atoms with E-state index in [2.05, 4.69) is 26.1 Å². The summed E-state index contributed by atoms with van der Waals surface area (Å²) in [6.07, 6.45) is 0. The Morgan fingerprint density at radius 2 is 1.79 bits per heavy atom. The Morgan fingerprint density at radius 1 is 1.21 bits per heavy atom. The van der Waals surface area contributed by atoms with Crippen molar-refractivity contribution in [2.75, 3.05) is 12.0 Å². The molecule has 1 aromatic heterocycles. The van der Waals surface area contributed by atoms with Crippen LogP contribution in [-0.2, 0) is 0 Å². The zero-order valence-electron chi connectivity index (χ0n) is 9.81. The standard InChI is InChI=1S/C12H8BrN3O3/c1-19-10-8(13)9(14-15-10)16-11(17)6-4-2-3-5-7(6)12(16)18/h2-5H,1H3,(H,14,15). The summed E-state index contributed by atoms with van der Waals surface area (Å²) in [5.41, 5.74) is 0.765. The predicted molar refractivity (Wildman–Crippen MR) is 70.4 cm³/mol. The lowest BCUT2D eigenvalue weighted by Gasteiger charge is -2.11. The minimum absolute atomic E-state index is 0.267. The molecule has 0 spiro atoms. The lowest BCUT2D eigenvalue weighted by Crippen LogP contribution is -2.30. The fourth-order valence-electron chi connectivity index (χ4n) is 1.98. The molecule has 0 saturated heterocycles. The number of ether oxygens (including phenoxy) is 1. The van der Waals surface area contributed by atoms with E-state index in [0.717, 1.165) is 4.90 Å². The molecule has 0 bridgehead atoms. The molecule has 2 amide bonds. The van der Waals surface area contributed by atoms with Crippen molar-refractivity contribution in [3.8, 4) is 5.88 Å². The van der Waals surface area contributed by atoms with Crippen molar-refractivity contribution in [3.63, 3.8) is 0 Å². The number of methoxy groups -OCH3 is 1. The van der Waals surface area contributed by atoms with Crippen LogP contribution in [0.3, 0.4) is 0 Å². The highest BCUT2D eigenvalue weighted by Gasteiger charge is 2.38. The van der Waals surface area contributed by atoms with Crippen LogP contribution in [0, 0.1) is 0 Å². The van der Waals surface area contributed by atoms with Gasteiger partial charge in [0.1, 0.15) is 4.47 Å². The highest BCUT2D eigenvalue weighted by Crippen LogP contribution is 2.36. The third-order valence-corrected chi connectivity index (χ3v) is 3.58. The van der Waals surface area contributed by atoms with Gasteiger partial charge < -0.3 is 4.74 Å². The molecule has 7 heteroatoms. The monoisotopic (exact) mass is 321 g/mol. The highest BCUT2D eigenvalue weighted by atomic mass is 79.9. The molecule has 0 fully saturated rings. The quantitative estimate of drug-likeness (QED) is 0.858. The molecule has 2 aromatic rings. The minimum atomic E-state index is -0.382. The molecule has 0 unspecified atom stereocenters. The molecule has 3 rings (SSSR count). The third kappa shape index (κ3) is 1.58. The Kier molecular flexibility index (Phi) is 2.63. The second kappa shape index (κ2) is 4.20. The van der Waals surface area contributed by atoms with Gasteiger partial charge in [0.15, 0.2) is 5.82 Å². The zero-order valence-corrected chi connectivity index (χ0v) is 11.4. The number of imide groups is 1.